The Bertz CT molecular complexity index is 815. The summed E-state index contributed by atoms with van der Waals surface area (Å²) in [4.78, 5) is 13.1. The Morgan fingerprint density at radius 1 is 1.15 bits per heavy atom. The predicted molar refractivity (Wildman–Crippen MR) is 143 cm³/mol. The monoisotopic (exact) mass is 578 g/mol. The van der Waals surface area contributed by atoms with Gasteiger partial charge in [0.1, 0.15) is 6.10 Å². The molecule has 2 fully saturated rings. The number of carbonyl (C=O) groups is 1. The Morgan fingerprint density at radius 3 is 2.38 bits per heavy atom. The summed E-state index contributed by atoms with van der Waals surface area (Å²) in [6.45, 7) is 8.16. The van der Waals surface area contributed by atoms with Crippen LogP contribution in [0.2, 0.25) is 0 Å². The SMILES string of the molecule is CC(C)/C=C/[C@@H](C[C@@H]1O[C@](O)(C[C@@H](O)C(C)C)C[C@H](O)[C@H]1C(=O)NC[C@@H](O)CO)OC1OC(C)C(O)C(N)C1O. The van der Waals surface area contributed by atoms with Gasteiger partial charge in [-0.3, -0.25) is 4.79 Å². The van der Waals surface area contributed by atoms with Gasteiger partial charge in [-0.2, -0.15) is 0 Å². The van der Waals surface area contributed by atoms with E-state index >= 15 is 0 Å². The van der Waals surface area contributed by atoms with Crippen LogP contribution in [-0.4, -0.2) is 122 Å². The van der Waals surface area contributed by atoms with E-state index in [0.29, 0.717) is 0 Å². The van der Waals surface area contributed by atoms with E-state index in [1.165, 1.54) is 0 Å². The highest BCUT2D eigenvalue weighted by Crippen LogP contribution is 2.38. The minimum atomic E-state index is -1.96. The van der Waals surface area contributed by atoms with Crippen molar-refractivity contribution in [3.63, 3.8) is 0 Å². The van der Waals surface area contributed by atoms with E-state index in [9.17, 15) is 35.4 Å². The molecule has 0 aromatic heterocycles. The zero-order valence-electron chi connectivity index (χ0n) is 24.0. The molecular weight excluding hydrogens is 528 g/mol. The topological polar surface area (TPSA) is 224 Å². The van der Waals surface area contributed by atoms with E-state index in [-0.39, 0.29) is 37.6 Å². The maximum absolute atomic E-state index is 13.1. The highest BCUT2D eigenvalue weighted by molar-refractivity contribution is 5.80. The van der Waals surface area contributed by atoms with Crippen molar-refractivity contribution in [1.29, 1.82) is 0 Å². The molecule has 0 bridgehead atoms. The van der Waals surface area contributed by atoms with Crippen LogP contribution in [0.5, 0.6) is 0 Å². The van der Waals surface area contributed by atoms with Crippen LogP contribution in [0.4, 0.5) is 0 Å². The lowest BCUT2D eigenvalue weighted by molar-refractivity contribution is -0.307. The number of allylic oxidation sites excluding steroid dienone is 1. The van der Waals surface area contributed by atoms with Gasteiger partial charge in [0, 0.05) is 25.8 Å². The molecule has 12 atom stereocenters. The summed E-state index contributed by atoms with van der Waals surface area (Å²) in [5, 5.41) is 74.8. The van der Waals surface area contributed by atoms with Crippen LogP contribution in [0.1, 0.15) is 53.9 Å². The lowest BCUT2D eigenvalue weighted by Gasteiger charge is -2.46. The van der Waals surface area contributed by atoms with Gasteiger partial charge in [-0.1, -0.05) is 39.8 Å². The first-order chi connectivity index (χ1) is 18.6. The van der Waals surface area contributed by atoms with Crippen molar-refractivity contribution in [2.24, 2.45) is 23.5 Å². The second kappa shape index (κ2) is 15.3. The molecule has 0 aliphatic carbocycles. The number of rotatable bonds is 13. The zero-order chi connectivity index (χ0) is 30.4. The van der Waals surface area contributed by atoms with Gasteiger partial charge in [-0.25, -0.2) is 0 Å². The standard InChI is InChI=1S/C27H50N2O11/c1-13(2)6-7-17(39-26-24(35)22(28)23(34)15(5)38-26)8-20-21(25(36)29-11-16(31)12-30)19(33)10-27(37,40-20)9-18(32)14(3)4/h6-7,13-24,26,30-35,37H,8-12,28H2,1-5H3,(H,29,36)/b7-6+/t15?,16-,17+,18-,19+,20+,21-,22?,23?,24?,26?,27-/m1/s1. The average molecular weight is 579 g/mol. The zero-order valence-corrected chi connectivity index (χ0v) is 24.0. The molecule has 2 saturated heterocycles. The molecule has 2 heterocycles. The van der Waals surface area contributed by atoms with Crippen molar-refractivity contribution in [2.75, 3.05) is 13.2 Å². The van der Waals surface area contributed by atoms with Crippen LogP contribution >= 0.6 is 0 Å². The second-order valence-electron chi connectivity index (χ2n) is 11.8. The summed E-state index contributed by atoms with van der Waals surface area (Å²) < 4.78 is 17.8. The molecule has 0 aromatic carbocycles. The first kappa shape index (κ1) is 35.0. The fraction of sp³-hybridized carbons (Fsp3) is 0.889. The van der Waals surface area contributed by atoms with Crippen molar-refractivity contribution in [3.05, 3.63) is 12.2 Å². The Labute approximate surface area is 235 Å². The summed E-state index contributed by atoms with van der Waals surface area (Å²) >= 11 is 0. The van der Waals surface area contributed by atoms with Crippen LogP contribution in [-0.2, 0) is 19.0 Å². The molecule has 5 unspecified atom stereocenters. The average Bonchev–Trinajstić information content (AvgIpc) is 2.86. The van der Waals surface area contributed by atoms with Gasteiger partial charge in [0.2, 0.25) is 5.91 Å². The van der Waals surface area contributed by atoms with Gasteiger partial charge in [0.05, 0.1) is 61.3 Å². The molecule has 0 radical (unpaired) electrons. The van der Waals surface area contributed by atoms with Crippen LogP contribution < -0.4 is 11.1 Å². The van der Waals surface area contributed by atoms with Crippen molar-refractivity contribution < 1.29 is 54.8 Å². The van der Waals surface area contributed by atoms with Gasteiger partial charge >= 0.3 is 0 Å². The third-order valence-corrected chi connectivity index (χ3v) is 7.42. The van der Waals surface area contributed by atoms with Crippen LogP contribution in [0.25, 0.3) is 0 Å². The highest BCUT2D eigenvalue weighted by Gasteiger charge is 2.50. The lowest BCUT2D eigenvalue weighted by atomic mass is 9.81. The first-order valence-electron chi connectivity index (χ1n) is 14.0. The Hall–Kier alpha value is -1.23. The first-order valence-corrected chi connectivity index (χ1v) is 14.0. The number of aliphatic hydroxyl groups is 7. The summed E-state index contributed by atoms with van der Waals surface area (Å²) in [5.41, 5.74) is 5.96. The van der Waals surface area contributed by atoms with E-state index in [1.54, 1.807) is 26.8 Å². The van der Waals surface area contributed by atoms with Crippen LogP contribution in [0.3, 0.4) is 0 Å². The molecule has 2 rings (SSSR count). The van der Waals surface area contributed by atoms with Gasteiger partial charge in [0.15, 0.2) is 12.1 Å². The van der Waals surface area contributed by atoms with E-state index in [4.69, 9.17) is 25.1 Å². The van der Waals surface area contributed by atoms with Crippen molar-refractivity contribution in [2.45, 2.75) is 121 Å². The van der Waals surface area contributed by atoms with E-state index in [2.05, 4.69) is 5.32 Å². The Balaban J connectivity index is 2.36. The Kier molecular flexibility index (Phi) is 13.4. The maximum Gasteiger partial charge on any atom is 0.228 e. The van der Waals surface area contributed by atoms with Crippen molar-refractivity contribution in [3.8, 4) is 0 Å². The van der Waals surface area contributed by atoms with Gasteiger partial charge in [-0.05, 0) is 18.8 Å². The molecule has 1 amide bonds. The molecule has 234 valence electrons. The molecule has 13 nitrogen and oxygen atoms in total. The summed E-state index contributed by atoms with van der Waals surface area (Å²) in [7, 11) is 0. The van der Waals surface area contributed by atoms with E-state index in [1.807, 2.05) is 19.9 Å². The normalized spacial score (nSPS) is 37.6. The molecule has 2 aliphatic heterocycles. The number of hydrogen-bond acceptors (Lipinski definition) is 12. The van der Waals surface area contributed by atoms with Crippen LogP contribution in [0, 0.1) is 17.8 Å². The highest BCUT2D eigenvalue weighted by atomic mass is 16.7. The number of hydrogen-bond donors (Lipinski definition) is 9. The van der Waals surface area contributed by atoms with Crippen molar-refractivity contribution in [1.82, 2.24) is 5.32 Å². The number of ether oxygens (including phenoxy) is 3. The molecular formula is C27H50N2O11. The number of nitrogens with one attached hydrogen (secondary N) is 1. The van der Waals surface area contributed by atoms with E-state index in [0.717, 1.165) is 0 Å². The fourth-order valence-electron chi connectivity index (χ4n) is 4.85. The summed E-state index contributed by atoms with van der Waals surface area (Å²) in [6.07, 6.45) is -7.09. The maximum atomic E-state index is 13.1. The summed E-state index contributed by atoms with van der Waals surface area (Å²) in [5.74, 6) is -3.94. The largest absolute Gasteiger partial charge is 0.394 e. The third-order valence-electron chi connectivity index (χ3n) is 7.42. The molecule has 0 saturated carbocycles. The molecule has 13 heteroatoms. The number of aliphatic hydroxyl groups excluding tert-OH is 6. The number of nitrogens with two attached hydrogens (primary N) is 1. The molecule has 0 aromatic rings. The fourth-order valence-corrected chi connectivity index (χ4v) is 4.85. The van der Waals surface area contributed by atoms with Gasteiger partial charge < -0.3 is 61.0 Å². The molecule has 10 N–H and O–H groups in total. The number of amides is 1. The molecule has 0 spiro atoms. The van der Waals surface area contributed by atoms with Gasteiger partial charge in [-0.15, -0.1) is 0 Å². The van der Waals surface area contributed by atoms with Crippen LogP contribution in [0.15, 0.2) is 12.2 Å². The van der Waals surface area contributed by atoms with Crippen molar-refractivity contribution >= 4 is 5.91 Å². The molecule has 40 heavy (non-hydrogen) atoms. The lowest BCUT2D eigenvalue weighted by Crippen LogP contribution is -2.62. The molecule has 2 aliphatic rings. The number of carbonyl (C=O) groups excluding carboxylic acids is 1. The minimum Gasteiger partial charge on any atom is -0.394 e. The quantitative estimate of drug-likeness (QED) is 0.109. The predicted octanol–water partition coefficient (Wildman–Crippen LogP) is -1.90. The third kappa shape index (κ3) is 9.66. The van der Waals surface area contributed by atoms with Gasteiger partial charge in [0.25, 0.3) is 0 Å². The smallest absolute Gasteiger partial charge is 0.228 e. The Morgan fingerprint density at radius 2 is 1.80 bits per heavy atom. The summed E-state index contributed by atoms with van der Waals surface area (Å²) in [6, 6.07) is -1.03. The minimum absolute atomic E-state index is 0.0836. The second-order valence-corrected chi connectivity index (χ2v) is 11.8. The van der Waals surface area contributed by atoms with E-state index < -0.39 is 85.4 Å².